The topological polar surface area (TPSA) is 59.6 Å². The lowest BCUT2D eigenvalue weighted by Crippen LogP contribution is -2.39. The van der Waals surface area contributed by atoms with Crippen molar-refractivity contribution in [3.8, 4) is 0 Å². The number of carbonyl (C=O) groups is 1. The number of amides is 2. The maximum atomic E-state index is 11.2. The van der Waals surface area contributed by atoms with Crippen molar-refractivity contribution in [3.63, 3.8) is 0 Å². The van der Waals surface area contributed by atoms with Crippen LogP contribution in [0.3, 0.4) is 0 Å². The first-order chi connectivity index (χ1) is 7.66. The van der Waals surface area contributed by atoms with Crippen molar-refractivity contribution in [2.24, 2.45) is 0 Å². The fraction of sp³-hybridized carbons (Fsp3) is 0.909. The van der Waals surface area contributed by atoms with E-state index in [1.807, 2.05) is 13.8 Å². The Labute approximate surface area is 97.9 Å². The monoisotopic (exact) mass is 232 g/mol. The van der Waals surface area contributed by atoms with Crippen LogP contribution in [0.2, 0.25) is 0 Å². The Kier molecular flexibility index (Phi) is 10.2. The highest BCUT2D eigenvalue weighted by Gasteiger charge is 2.00. The third-order valence-corrected chi connectivity index (χ3v) is 1.85. The summed E-state index contributed by atoms with van der Waals surface area (Å²) >= 11 is 0. The normalized spacial score (nSPS) is 10.5. The van der Waals surface area contributed by atoms with E-state index in [0.29, 0.717) is 19.8 Å². The minimum atomic E-state index is -0.102. The molecule has 0 heterocycles. The molecule has 0 radical (unpaired) electrons. The number of unbranched alkanes of at least 4 members (excludes halogenated alkanes) is 1. The van der Waals surface area contributed by atoms with Crippen molar-refractivity contribution < 1.29 is 14.3 Å². The smallest absolute Gasteiger partial charge is 0.314 e. The van der Waals surface area contributed by atoms with Crippen LogP contribution in [0.4, 0.5) is 4.79 Å². The Morgan fingerprint density at radius 3 is 2.56 bits per heavy atom. The Morgan fingerprint density at radius 1 is 1.19 bits per heavy atom. The average Bonchev–Trinajstić information content (AvgIpc) is 2.21. The van der Waals surface area contributed by atoms with Crippen molar-refractivity contribution >= 4 is 6.03 Å². The molecule has 5 heteroatoms. The molecule has 0 aliphatic heterocycles. The second kappa shape index (κ2) is 10.7. The molecule has 96 valence electrons. The van der Waals surface area contributed by atoms with Crippen LogP contribution < -0.4 is 10.6 Å². The van der Waals surface area contributed by atoms with Crippen LogP contribution in [0, 0.1) is 0 Å². The number of rotatable bonds is 9. The highest BCUT2D eigenvalue weighted by atomic mass is 16.5. The molecule has 0 aromatic carbocycles. The number of methoxy groups -OCH3 is 1. The number of ether oxygens (including phenoxy) is 2. The van der Waals surface area contributed by atoms with E-state index < -0.39 is 0 Å². The number of hydrogen-bond donors (Lipinski definition) is 2. The zero-order valence-corrected chi connectivity index (χ0v) is 10.5. The summed E-state index contributed by atoms with van der Waals surface area (Å²) in [6.45, 7) is 6.54. The fourth-order valence-electron chi connectivity index (χ4n) is 1.09. The van der Waals surface area contributed by atoms with Crippen molar-refractivity contribution in [2.45, 2.75) is 32.7 Å². The van der Waals surface area contributed by atoms with Crippen LogP contribution in [0.25, 0.3) is 0 Å². The molecule has 5 nitrogen and oxygen atoms in total. The summed E-state index contributed by atoms with van der Waals surface area (Å²) in [5, 5.41) is 5.55. The minimum absolute atomic E-state index is 0.102. The molecule has 0 spiro atoms. The third-order valence-electron chi connectivity index (χ3n) is 1.85. The maximum absolute atomic E-state index is 11.2. The first-order valence-electron chi connectivity index (χ1n) is 5.78. The van der Waals surface area contributed by atoms with Gasteiger partial charge in [0.2, 0.25) is 0 Å². The molecular formula is C11H24N2O3. The number of hydrogen-bond acceptors (Lipinski definition) is 3. The van der Waals surface area contributed by atoms with Gasteiger partial charge in [0, 0.05) is 26.3 Å². The lowest BCUT2D eigenvalue weighted by atomic mass is 10.3. The fourth-order valence-corrected chi connectivity index (χ4v) is 1.09. The Hall–Kier alpha value is -0.810. The largest absolute Gasteiger partial charge is 0.382 e. The van der Waals surface area contributed by atoms with Crippen molar-refractivity contribution in [2.75, 3.05) is 33.5 Å². The van der Waals surface area contributed by atoms with Gasteiger partial charge in [0.05, 0.1) is 13.2 Å². The van der Waals surface area contributed by atoms with Gasteiger partial charge in [-0.25, -0.2) is 4.79 Å². The van der Waals surface area contributed by atoms with Gasteiger partial charge in [0.15, 0.2) is 0 Å². The predicted molar refractivity (Wildman–Crippen MR) is 63.6 cm³/mol. The van der Waals surface area contributed by atoms with E-state index in [0.717, 1.165) is 19.4 Å². The maximum Gasteiger partial charge on any atom is 0.314 e. The van der Waals surface area contributed by atoms with Gasteiger partial charge < -0.3 is 20.1 Å². The summed E-state index contributed by atoms with van der Waals surface area (Å²) in [5.74, 6) is 0. The lowest BCUT2D eigenvalue weighted by Gasteiger charge is -2.09. The van der Waals surface area contributed by atoms with E-state index in [4.69, 9.17) is 9.47 Å². The molecule has 2 N–H and O–H groups in total. The summed E-state index contributed by atoms with van der Waals surface area (Å²) in [4.78, 5) is 11.2. The van der Waals surface area contributed by atoms with Gasteiger partial charge in [-0.15, -0.1) is 0 Å². The van der Waals surface area contributed by atoms with Gasteiger partial charge in [-0.2, -0.15) is 0 Å². The van der Waals surface area contributed by atoms with Crippen LogP contribution in [0.15, 0.2) is 0 Å². The summed E-state index contributed by atoms with van der Waals surface area (Å²) in [7, 11) is 1.65. The third kappa shape index (κ3) is 11.3. The molecule has 0 aromatic heterocycles. The molecule has 0 saturated carbocycles. The van der Waals surface area contributed by atoms with Gasteiger partial charge in [0.1, 0.15) is 0 Å². The quantitative estimate of drug-likeness (QED) is 0.586. The molecule has 0 atom stereocenters. The number of urea groups is 1. The summed E-state index contributed by atoms with van der Waals surface area (Å²) in [5.41, 5.74) is 0. The second-order valence-electron chi connectivity index (χ2n) is 3.87. The zero-order chi connectivity index (χ0) is 12.2. The van der Waals surface area contributed by atoms with E-state index in [9.17, 15) is 4.79 Å². The van der Waals surface area contributed by atoms with Gasteiger partial charge >= 0.3 is 6.03 Å². The highest BCUT2D eigenvalue weighted by molar-refractivity contribution is 5.73. The van der Waals surface area contributed by atoms with Gasteiger partial charge in [-0.05, 0) is 26.7 Å². The molecule has 0 fully saturated rings. The second-order valence-corrected chi connectivity index (χ2v) is 3.87. The molecule has 0 aliphatic rings. The van der Waals surface area contributed by atoms with Crippen LogP contribution in [-0.4, -0.2) is 45.5 Å². The van der Waals surface area contributed by atoms with Crippen LogP contribution in [-0.2, 0) is 9.47 Å². The van der Waals surface area contributed by atoms with E-state index in [2.05, 4.69) is 10.6 Å². The van der Waals surface area contributed by atoms with E-state index in [1.54, 1.807) is 7.11 Å². The van der Waals surface area contributed by atoms with Crippen LogP contribution in [0.5, 0.6) is 0 Å². The van der Waals surface area contributed by atoms with Gasteiger partial charge in [-0.3, -0.25) is 0 Å². The van der Waals surface area contributed by atoms with Crippen molar-refractivity contribution in [1.29, 1.82) is 0 Å². The highest BCUT2D eigenvalue weighted by Crippen LogP contribution is 1.89. The number of carbonyl (C=O) groups excluding carboxylic acids is 1. The SMILES string of the molecule is COCCOCCCCNC(=O)NC(C)C. The molecular weight excluding hydrogens is 208 g/mol. The average molecular weight is 232 g/mol. The Morgan fingerprint density at radius 2 is 1.94 bits per heavy atom. The van der Waals surface area contributed by atoms with E-state index in [-0.39, 0.29) is 12.1 Å². The molecule has 0 saturated heterocycles. The molecule has 2 amide bonds. The first-order valence-corrected chi connectivity index (χ1v) is 5.78. The van der Waals surface area contributed by atoms with E-state index in [1.165, 1.54) is 0 Å². The molecule has 0 unspecified atom stereocenters. The van der Waals surface area contributed by atoms with E-state index >= 15 is 0 Å². The van der Waals surface area contributed by atoms with Crippen molar-refractivity contribution in [3.05, 3.63) is 0 Å². The molecule has 0 rings (SSSR count). The van der Waals surface area contributed by atoms with Crippen LogP contribution >= 0.6 is 0 Å². The Bertz CT molecular complexity index is 175. The lowest BCUT2D eigenvalue weighted by molar-refractivity contribution is 0.0688. The molecule has 16 heavy (non-hydrogen) atoms. The van der Waals surface area contributed by atoms with Gasteiger partial charge in [-0.1, -0.05) is 0 Å². The molecule has 0 aliphatic carbocycles. The number of nitrogens with one attached hydrogen (secondary N) is 2. The standard InChI is InChI=1S/C11H24N2O3/c1-10(2)13-11(14)12-6-4-5-7-16-9-8-15-3/h10H,4-9H2,1-3H3,(H2,12,13,14). The Balaban J connectivity index is 3.11. The minimum Gasteiger partial charge on any atom is -0.382 e. The zero-order valence-electron chi connectivity index (χ0n) is 10.5. The van der Waals surface area contributed by atoms with Crippen LogP contribution in [0.1, 0.15) is 26.7 Å². The van der Waals surface area contributed by atoms with Crippen molar-refractivity contribution in [1.82, 2.24) is 10.6 Å². The summed E-state index contributed by atoms with van der Waals surface area (Å²) < 4.78 is 10.1. The molecule has 0 aromatic rings. The first kappa shape index (κ1) is 15.2. The molecule has 0 bridgehead atoms. The predicted octanol–water partition coefficient (Wildman–Crippen LogP) is 1.14. The van der Waals surface area contributed by atoms with Gasteiger partial charge in [0.25, 0.3) is 0 Å². The summed E-state index contributed by atoms with van der Waals surface area (Å²) in [6.07, 6.45) is 1.88. The summed E-state index contributed by atoms with van der Waals surface area (Å²) in [6, 6.07) is 0.0766.